The van der Waals surface area contributed by atoms with Crippen molar-refractivity contribution >= 4 is 10.0 Å². The van der Waals surface area contributed by atoms with E-state index in [-0.39, 0.29) is 11.8 Å². The summed E-state index contributed by atoms with van der Waals surface area (Å²) >= 11 is 0. The van der Waals surface area contributed by atoms with Gasteiger partial charge in [0.05, 0.1) is 5.75 Å². The first kappa shape index (κ1) is 14.0. The van der Waals surface area contributed by atoms with E-state index in [0.717, 1.165) is 31.5 Å². The summed E-state index contributed by atoms with van der Waals surface area (Å²) in [5.41, 5.74) is 1.03. The third-order valence-electron chi connectivity index (χ3n) is 4.38. The van der Waals surface area contributed by atoms with Crippen LogP contribution in [-0.4, -0.2) is 49.1 Å². The van der Waals surface area contributed by atoms with Crippen molar-refractivity contribution in [1.82, 2.24) is 14.6 Å². The Bertz CT molecular complexity index is 547. The molecule has 1 aromatic rings. The topological polar surface area (TPSA) is 62.3 Å². The van der Waals surface area contributed by atoms with Crippen molar-refractivity contribution in [2.45, 2.75) is 25.3 Å². The van der Waals surface area contributed by atoms with Crippen LogP contribution in [0.2, 0.25) is 0 Å². The molecule has 2 unspecified atom stereocenters. The lowest BCUT2D eigenvalue weighted by Crippen LogP contribution is -2.49. The van der Waals surface area contributed by atoms with E-state index >= 15 is 0 Å². The third-order valence-corrected chi connectivity index (χ3v) is 6.27. The Balaban J connectivity index is 1.68. The Hall–Kier alpha value is -0.980. The summed E-state index contributed by atoms with van der Waals surface area (Å²) < 4.78 is 26.9. The summed E-state index contributed by atoms with van der Waals surface area (Å²) in [7, 11) is -3.16. The zero-order valence-corrected chi connectivity index (χ0v) is 12.3. The Morgan fingerprint density at radius 2 is 2.10 bits per heavy atom. The number of rotatable bonds is 4. The lowest BCUT2D eigenvalue weighted by atomic mass is 9.94. The molecule has 2 aliphatic rings. The van der Waals surface area contributed by atoms with Crippen molar-refractivity contribution in [3.63, 3.8) is 0 Å². The second kappa shape index (κ2) is 5.79. The molecule has 2 fully saturated rings. The quantitative estimate of drug-likeness (QED) is 0.885. The van der Waals surface area contributed by atoms with Crippen LogP contribution < -0.4 is 5.32 Å². The van der Waals surface area contributed by atoms with Crippen LogP contribution in [0.5, 0.6) is 0 Å². The molecule has 110 valence electrons. The molecule has 0 aliphatic carbocycles. The number of nitrogens with zero attached hydrogens (tertiary/aromatic N) is 2. The van der Waals surface area contributed by atoms with Gasteiger partial charge in [-0.2, -0.15) is 4.31 Å². The smallest absolute Gasteiger partial charge is 0.214 e. The van der Waals surface area contributed by atoms with Gasteiger partial charge in [0, 0.05) is 31.5 Å². The summed E-state index contributed by atoms with van der Waals surface area (Å²) in [4.78, 5) is 3.96. The highest BCUT2D eigenvalue weighted by Crippen LogP contribution is 2.28. The van der Waals surface area contributed by atoms with E-state index in [1.54, 1.807) is 16.7 Å². The molecule has 6 heteroatoms. The molecule has 0 aromatic carbocycles. The van der Waals surface area contributed by atoms with Crippen LogP contribution in [0.1, 0.15) is 18.4 Å². The Morgan fingerprint density at radius 3 is 2.90 bits per heavy atom. The molecule has 1 aromatic heterocycles. The number of pyridine rings is 1. The fraction of sp³-hybridized carbons (Fsp3) is 0.643. The van der Waals surface area contributed by atoms with Crippen LogP contribution in [0.15, 0.2) is 24.5 Å². The van der Waals surface area contributed by atoms with Gasteiger partial charge in [-0.05, 0) is 49.4 Å². The van der Waals surface area contributed by atoms with Crippen molar-refractivity contribution in [3.05, 3.63) is 30.1 Å². The van der Waals surface area contributed by atoms with Gasteiger partial charge in [0.1, 0.15) is 0 Å². The summed E-state index contributed by atoms with van der Waals surface area (Å²) in [6.07, 6.45) is 6.11. The van der Waals surface area contributed by atoms with E-state index < -0.39 is 10.0 Å². The molecule has 2 aliphatic heterocycles. The van der Waals surface area contributed by atoms with Gasteiger partial charge in [-0.15, -0.1) is 0 Å². The predicted molar refractivity (Wildman–Crippen MR) is 77.8 cm³/mol. The Labute approximate surface area is 120 Å². The summed E-state index contributed by atoms with van der Waals surface area (Å²) in [5.74, 6) is 0.694. The Kier molecular flexibility index (Phi) is 4.05. The second-order valence-electron chi connectivity index (χ2n) is 5.66. The number of aryl methyl sites for hydroxylation is 1. The molecule has 0 bridgehead atoms. The largest absolute Gasteiger partial charge is 0.315 e. The average molecular weight is 295 g/mol. The molecule has 2 atom stereocenters. The highest BCUT2D eigenvalue weighted by Gasteiger charge is 2.40. The van der Waals surface area contributed by atoms with Crippen LogP contribution in [0, 0.1) is 5.92 Å². The number of aromatic nitrogens is 1. The van der Waals surface area contributed by atoms with E-state index in [4.69, 9.17) is 0 Å². The summed E-state index contributed by atoms with van der Waals surface area (Å²) in [5, 5.41) is 3.33. The molecule has 3 heterocycles. The molecule has 0 spiro atoms. The molecular weight excluding hydrogens is 274 g/mol. The van der Waals surface area contributed by atoms with E-state index in [2.05, 4.69) is 10.3 Å². The van der Waals surface area contributed by atoms with Gasteiger partial charge in [0.2, 0.25) is 10.0 Å². The zero-order valence-electron chi connectivity index (χ0n) is 11.5. The van der Waals surface area contributed by atoms with Gasteiger partial charge >= 0.3 is 0 Å². The predicted octanol–water partition coefficient (Wildman–Crippen LogP) is 0.638. The van der Waals surface area contributed by atoms with Crippen LogP contribution >= 0.6 is 0 Å². The van der Waals surface area contributed by atoms with Crippen molar-refractivity contribution in [1.29, 1.82) is 0 Å². The van der Waals surface area contributed by atoms with Crippen molar-refractivity contribution in [2.24, 2.45) is 5.92 Å². The highest BCUT2D eigenvalue weighted by atomic mass is 32.2. The first-order valence-electron chi connectivity index (χ1n) is 7.26. The normalized spacial score (nSPS) is 27.4. The fourth-order valence-electron chi connectivity index (χ4n) is 3.28. The van der Waals surface area contributed by atoms with Crippen LogP contribution in [0.25, 0.3) is 0 Å². The number of hydrogen-bond acceptors (Lipinski definition) is 4. The van der Waals surface area contributed by atoms with Crippen molar-refractivity contribution in [2.75, 3.05) is 25.4 Å². The standard InChI is InChI=1S/C14H21N3O2S/c18-20(19,9-5-12-3-6-15-7-4-12)17-8-1-2-13-10-16-11-14(13)17/h3-4,6-7,13-14,16H,1-2,5,8-11H2. The number of fused-ring (bicyclic) bond motifs is 1. The number of hydrogen-bond donors (Lipinski definition) is 1. The highest BCUT2D eigenvalue weighted by molar-refractivity contribution is 7.89. The Morgan fingerprint density at radius 1 is 1.30 bits per heavy atom. The maximum atomic E-state index is 12.6. The molecule has 0 radical (unpaired) electrons. The minimum atomic E-state index is -3.16. The number of piperidine rings is 1. The van der Waals surface area contributed by atoms with Crippen molar-refractivity contribution in [3.8, 4) is 0 Å². The average Bonchev–Trinajstić information content (AvgIpc) is 2.94. The minimum Gasteiger partial charge on any atom is -0.315 e. The van der Waals surface area contributed by atoms with Gasteiger partial charge in [0.15, 0.2) is 0 Å². The molecule has 20 heavy (non-hydrogen) atoms. The van der Waals surface area contributed by atoms with Gasteiger partial charge in [0.25, 0.3) is 0 Å². The molecular formula is C14H21N3O2S. The molecule has 0 amide bonds. The molecule has 5 nitrogen and oxygen atoms in total. The second-order valence-corrected chi connectivity index (χ2v) is 7.70. The lowest BCUT2D eigenvalue weighted by Gasteiger charge is -2.36. The molecule has 2 saturated heterocycles. The molecule has 1 N–H and O–H groups in total. The fourth-order valence-corrected chi connectivity index (χ4v) is 5.08. The monoisotopic (exact) mass is 295 g/mol. The van der Waals surface area contributed by atoms with E-state index in [1.165, 1.54) is 0 Å². The maximum Gasteiger partial charge on any atom is 0.214 e. The van der Waals surface area contributed by atoms with Crippen LogP contribution in [-0.2, 0) is 16.4 Å². The number of sulfonamides is 1. The van der Waals surface area contributed by atoms with Gasteiger partial charge in [-0.25, -0.2) is 8.42 Å². The van der Waals surface area contributed by atoms with E-state index in [9.17, 15) is 8.42 Å². The summed E-state index contributed by atoms with van der Waals surface area (Å²) in [6, 6.07) is 3.93. The SMILES string of the molecule is O=S(=O)(CCc1ccncc1)N1CCCC2CNCC21. The van der Waals surface area contributed by atoms with E-state index in [1.807, 2.05) is 12.1 Å². The van der Waals surface area contributed by atoms with Gasteiger partial charge in [-0.3, -0.25) is 4.98 Å². The third kappa shape index (κ3) is 2.87. The van der Waals surface area contributed by atoms with Gasteiger partial charge in [-0.1, -0.05) is 0 Å². The minimum absolute atomic E-state index is 0.172. The zero-order chi connectivity index (χ0) is 14.0. The first-order chi connectivity index (χ1) is 9.67. The van der Waals surface area contributed by atoms with E-state index in [0.29, 0.717) is 18.9 Å². The van der Waals surface area contributed by atoms with Crippen LogP contribution in [0.4, 0.5) is 0 Å². The van der Waals surface area contributed by atoms with Gasteiger partial charge < -0.3 is 5.32 Å². The first-order valence-corrected chi connectivity index (χ1v) is 8.87. The molecule has 3 rings (SSSR count). The number of nitrogens with one attached hydrogen (secondary N) is 1. The maximum absolute atomic E-state index is 12.6. The van der Waals surface area contributed by atoms with Crippen LogP contribution in [0.3, 0.4) is 0 Å². The summed E-state index contributed by atoms with van der Waals surface area (Å²) in [6.45, 7) is 2.45. The van der Waals surface area contributed by atoms with Crippen molar-refractivity contribution < 1.29 is 8.42 Å². The lowest BCUT2D eigenvalue weighted by molar-refractivity contribution is 0.217. The molecule has 0 saturated carbocycles.